The van der Waals surface area contributed by atoms with Gasteiger partial charge < -0.3 is 11.1 Å². The molecule has 1 fully saturated rings. The van der Waals surface area contributed by atoms with Crippen LogP contribution in [0.1, 0.15) is 6.42 Å². The number of likely N-dealkylation sites (tertiary alicyclic amines) is 1. The lowest BCUT2D eigenvalue weighted by Crippen LogP contribution is -2.48. The van der Waals surface area contributed by atoms with Crippen LogP contribution in [0.2, 0.25) is 0 Å². The van der Waals surface area contributed by atoms with E-state index in [1.54, 1.807) is 18.6 Å². The van der Waals surface area contributed by atoms with Gasteiger partial charge in [-0.25, -0.2) is 8.78 Å². The minimum Gasteiger partial charge on any atom is -0.368 e. The first-order valence-electron chi connectivity index (χ1n) is 8.62. The summed E-state index contributed by atoms with van der Waals surface area (Å²) in [5, 5.41) is 2.40. The molecule has 28 heavy (non-hydrogen) atoms. The molecule has 2 atom stereocenters. The highest BCUT2D eigenvalue weighted by Crippen LogP contribution is 2.24. The smallest absolute Gasteiger partial charge is 0.255 e. The number of carbonyl (C=O) groups excluding carboxylic acids is 2. The number of hydrogen-bond acceptors (Lipinski definition) is 4. The molecule has 0 spiro atoms. The van der Waals surface area contributed by atoms with E-state index in [0.29, 0.717) is 12.1 Å². The Hall–Kier alpha value is -3.07. The first kappa shape index (κ1) is 19.7. The molecule has 2 amide bonds. The van der Waals surface area contributed by atoms with Crippen LogP contribution in [0.3, 0.4) is 0 Å². The molecule has 0 aliphatic carbocycles. The number of aromatic nitrogens is 1. The van der Waals surface area contributed by atoms with Crippen molar-refractivity contribution in [2.45, 2.75) is 18.5 Å². The third-order valence-electron chi connectivity index (χ3n) is 4.58. The van der Waals surface area contributed by atoms with Gasteiger partial charge in [-0.3, -0.25) is 23.9 Å². The van der Waals surface area contributed by atoms with Crippen molar-refractivity contribution in [3.63, 3.8) is 0 Å². The van der Waals surface area contributed by atoms with Crippen molar-refractivity contribution in [2.24, 2.45) is 5.73 Å². The quantitative estimate of drug-likeness (QED) is 0.771. The molecular weight excluding hydrogens is 370 g/mol. The number of hydrogen-bond donors (Lipinski definition) is 2. The van der Waals surface area contributed by atoms with E-state index in [4.69, 9.17) is 5.73 Å². The largest absolute Gasteiger partial charge is 0.368 e. The molecule has 1 radical (unpaired) electrons. The number of anilines is 1. The van der Waals surface area contributed by atoms with Crippen molar-refractivity contribution >= 4 is 17.5 Å². The minimum absolute atomic E-state index is 0.0895. The molecule has 1 aromatic heterocycles. The lowest BCUT2D eigenvalue weighted by atomic mass is 10.2. The molecule has 1 aromatic carbocycles. The van der Waals surface area contributed by atoms with Gasteiger partial charge in [0.15, 0.2) is 0 Å². The fraction of sp³-hybridized carbons (Fsp3) is 0.263. The molecule has 1 saturated heterocycles. The molecule has 1 unspecified atom stereocenters. The lowest BCUT2D eigenvalue weighted by molar-refractivity contribution is -0.123. The summed E-state index contributed by atoms with van der Waals surface area (Å²) in [5.74, 6) is -2.01. The fourth-order valence-corrected chi connectivity index (χ4v) is 3.19. The van der Waals surface area contributed by atoms with Gasteiger partial charge in [-0.15, -0.1) is 0 Å². The van der Waals surface area contributed by atoms with E-state index in [0.717, 1.165) is 6.07 Å². The molecule has 3 N–H and O–H groups in total. The summed E-state index contributed by atoms with van der Waals surface area (Å²) in [5.41, 5.74) is 5.18. The Bertz CT molecular complexity index is 947. The van der Waals surface area contributed by atoms with Crippen molar-refractivity contribution in [3.8, 4) is 5.69 Å². The van der Waals surface area contributed by atoms with E-state index in [-0.39, 0.29) is 17.8 Å². The molecule has 0 saturated carbocycles. The van der Waals surface area contributed by atoms with Crippen molar-refractivity contribution in [1.82, 2.24) is 9.47 Å². The predicted octanol–water partition coefficient (Wildman–Crippen LogP) is 1.02. The average Bonchev–Trinajstić information content (AvgIpc) is 3.06. The van der Waals surface area contributed by atoms with Crippen LogP contribution >= 0.6 is 0 Å². The van der Waals surface area contributed by atoms with Crippen LogP contribution < -0.4 is 16.6 Å². The maximum absolute atomic E-state index is 14.4. The molecule has 0 bridgehead atoms. The Labute approximate surface area is 159 Å². The van der Waals surface area contributed by atoms with Crippen LogP contribution in [0.5, 0.6) is 0 Å². The number of alkyl halides is 1. The number of amides is 2. The van der Waals surface area contributed by atoms with Crippen molar-refractivity contribution in [2.75, 3.05) is 18.5 Å². The average molecular weight is 389 g/mol. The summed E-state index contributed by atoms with van der Waals surface area (Å²) in [4.78, 5) is 37.0. The van der Waals surface area contributed by atoms with Gasteiger partial charge in [-0.05, 0) is 31.0 Å². The minimum atomic E-state index is -0.844. The summed E-state index contributed by atoms with van der Waals surface area (Å²) in [6.07, 6.45) is 3.36. The topological polar surface area (TPSA) is 97.4 Å². The van der Waals surface area contributed by atoms with Gasteiger partial charge in [0.25, 0.3) is 5.56 Å². The van der Waals surface area contributed by atoms with Gasteiger partial charge >= 0.3 is 0 Å². The number of nitrogens with zero attached hydrogens (tertiary/aromatic N) is 2. The van der Waals surface area contributed by atoms with E-state index < -0.39 is 36.4 Å². The van der Waals surface area contributed by atoms with Gasteiger partial charge in [0.2, 0.25) is 11.8 Å². The van der Waals surface area contributed by atoms with Gasteiger partial charge in [0, 0.05) is 24.4 Å². The van der Waals surface area contributed by atoms with Crippen LogP contribution in [0, 0.1) is 12.2 Å². The number of rotatable bonds is 6. The second-order valence-corrected chi connectivity index (χ2v) is 6.42. The van der Waals surface area contributed by atoms with Gasteiger partial charge in [0.1, 0.15) is 12.5 Å². The highest BCUT2D eigenvalue weighted by molar-refractivity contribution is 5.93. The van der Waals surface area contributed by atoms with Gasteiger partial charge in [0.05, 0.1) is 24.0 Å². The first-order valence-corrected chi connectivity index (χ1v) is 8.62. The second kappa shape index (κ2) is 8.30. The number of nitrogens with two attached hydrogens (primary N) is 1. The van der Waals surface area contributed by atoms with Crippen LogP contribution in [0.25, 0.3) is 5.69 Å². The van der Waals surface area contributed by atoms with Crippen molar-refractivity contribution in [3.05, 3.63) is 65.2 Å². The Morgan fingerprint density at radius 3 is 2.68 bits per heavy atom. The zero-order valence-corrected chi connectivity index (χ0v) is 14.8. The Balaban J connectivity index is 1.73. The molecule has 2 aromatic rings. The number of halogens is 2. The number of carbonyl (C=O) groups is 2. The Kier molecular flexibility index (Phi) is 5.84. The zero-order chi connectivity index (χ0) is 20.3. The van der Waals surface area contributed by atoms with Crippen molar-refractivity contribution in [1.29, 1.82) is 0 Å². The Morgan fingerprint density at radius 2 is 2.04 bits per heavy atom. The zero-order valence-electron chi connectivity index (χ0n) is 14.8. The third-order valence-corrected chi connectivity index (χ3v) is 4.58. The van der Waals surface area contributed by atoms with E-state index >= 15 is 0 Å². The predicted molar refractivity (Wildman–Crippen MR) is 99.0 cm³/mol. The van der Waals surface area contributed by atoms with E-state index in [2.05, 4.69) is 5.32 Å². The number of nitrogens with one attached hydrogen (secondary N) is 1. The summed E-state index contributed by atoms with van der Waals surface area (Å²) in [6.45, 7) is -1.04. The number of primary amides is 1. The lowest BCUT2D eigenvalue weighted by Gasteiger charge is -2.26. The number of pyridine rings is 1. The van der Waals surface area contributed by atoms with E-state index in [9.17, 15) is 23.2 Å². The van der Waals surface area contributed by atoms with E-state index in [1.807, 2.05) is 0 Å². The maximum Gasteiger partial charge on any atom is 0.255 e. The standard InChI is InChI=1S/C19H19F2N4O3/c20-10-13-5-7-16(19(22)28)25(13)11-17(26)23-15-6-4-12(9-14(15)21)24-8-2-1-3-18(24)27/h1-4,6-9,13,16H,5,10-11H2,(H2,22,28)(H,23,26)/t13-,16?/m0/s1. The normalized spacial score (nSPS) is 19.5. The molecule has 2 heterocycles. The number of benzene rings is 1. The molecule has 1 aliphatic rings. The second-order valence-electron chi connectivity index (χ2n) is 6.42. The molecule has 7 nitrogen and oxygen atoms in total. The van der Waals surface area contributed by atoms with Crippen LogP contribution in [0.15, 0.2) is 47.4 Å². The molecule has 147 valence electrons. The van der Waals surface area contributed by atoms with Crippen LogP contribution in [0.4, 0.5) is 14.5 Å². The molecule has 3 rings (SSSR count). The van der Waals surface area contributed by atoms with Crippen LogP contribution in [-0.2, 0) is 9.59 Å². The van der Waals surface area contributed by atoms with E-state index in [1.165, 1.54) is 33.9 Å². The molecule has 9 heteroatoms. The fourth-order valence-electron chi connectivity index (χ4n) is 3.19. The van der Waals surface area contributed by atoms with Gasteiger partial charge in [-0.2, -0.15) is 0 Å². The summed E-state index contributed by atoms with van der Waals surface area (Å²) < 4.78 is 28.8. The maximum atomic E-state index is 14.4. The summed E-state index contributed by atoms with van der Waals surface area (Å²) in [7, 11) is 0. The van der Waals surface area contributed by atoms with Crippen molar-refractivity contribution < 1.29 is 18.4 Å². The molecule has 1 aliphatic heterocycles. The first-order chi connectivity index (χ1) is 13.4. The summed E-state index contributed by atoms with van der Waals surface area (Å²) in [6, 6.07) is 7.02. The Morgan fingerprint density at radius 1 is 1.25 bits per heavy atom. The van der Waals surface area contributed by atoms with Gasteiger partial charge in [-0.1, -0.05) is 6.07 Å². The third kappa shape index (κ3) is 4.09. The van der Waals surface area contributed by atoms with Crippen LogP contribution in [-0.4, -0.2) is 46.6 Å². The molecular formula is C19H19F2N4O3. The SMILES string of the molecule is NC(=O)C1[CH]C[C@@H](CF)N1CC(=O)Nc1ccc(-n2ccccc2=O)cc1F. The highest BCUT2D eigenvalue weighted by atomic mass is 19.1. The monoisotopic (exact) mass is 389 g/mol. The highest BCUT2D eigenvalue weighted by Gasteiger charge is 2.38. The summed E-state index contributed by atoms with van der Waals surface area (Å²) >= 11 is 0.